The number of aryl methyl sites for hydroxylation is 2. The average Bonchev–Trinajstić information content (AvgIpc) is 3.27. The number of rotatable bonds is 3. The van der Waals surface area contributed by atoms with Crippen molar-refractivity contribution in [1.82, 2.24) is 19.7 Å². The summed E-state index contributed by atoms with van der Waals surface area (Å²) in [5, 5.41) is 4.29. The number of carbonyl (C=O) groups excluding carboxylic acids is 1. The molecule has 0 unspecified atom stereocenters. The second kappa shape index (κ2) is 7.01. The van der Waals surface area contributed by atoms with Crippen LogP contribution in [-0.2, 0) is 13.2 Å². The van der Waals surface area contributed by atoms with Crippen molar-refractivity contribution in [2.24, 2.45) is 7.05 Å². The number of benzene rings is 2. The van der Waals surface area contributed by atoms with Gasteiger partial charge in [-0.3, -0.25) is 9.48 Å². The van der Waals surface area contributed by atoms with Gasteiger partial charge in [-0.25, -0.2) is 4.98 Å². The molecule has 0 atom stereocenters. The summed E-state index contributed by atoms with van der Waals surface area (Å²) in [7, 11) is 3.27. The van der Waals surface area contributed by atoms with Crippen LogP contribution in [0, 0.1) is 6.92 Å². The van der Waals surface area contributed by atoms with E-state index in [2.05, 4.69) is 15.1 Å². The van der Waals surface area contributed by atoms with Gasteiger partial charge in [-0.05, 0) is 43.3 Å². The molecule has 2 aromatic carbocycles. The maximum Gasteiger partial charge on any atom is 0.416 e. The lowest BCUT2D eigenvalue weighted by Gasteiger charge is -2.17. The van der Waals surface area contributed by atoms with Gasteiger partial charge >= 0.3 is 6.18 Å². The van der Waals surface area contributed by atoms with Gasteiger partial charge in [0.1, 0.15) is 11.5 Å². The quantitative estimate of drug-likeness (QED) is 0.535. The normalized spacial score (nSPS) is 11.8. The van der Waals surface area contributed by atoms with Crippen molar-refractivity contribution in [2.75, 3.05) is 11.9 Å². The van der Waals surface area contributed by atoms with Crippen molar-refractivity contribution < 1.29 is 18.0 Å². The highest BCUT2D eigenvalue weighted by Crippen LogP contribution is 2.31. The van der Waals surface area contributed by atoms with Gasteiger partial charge in [-0.1, -0.05) is 12.1 Å². The highest BCUT2D eigenvalue weighted by Gasteiger charge is 2.30. The van der Waals surface area contributed by atoms with E-state index in [0.29, 0.717) is 22.6 Å². The first-order valence-electron chi connectivity index (χ1n) is 9.09. The third-order valence-electron chi connectivity index (χ3n) is 4.88. The molecule has 2 aromatic heterocycles. The number of aromatic amines is 1. The van der Waals surface area contributed by atoms with Crippen molar-refractivity contribution in [3.63, 3.8) is 0 Å². The molecular weight excluding hydrogens is 395 g/mol. The van der Waals surface area contributed by atoms with E-state index in [4.69, 9.17) is 0 Å². The summed E-state index contributed by atoms with van der Waals surface area (Å²) in [6.07, 6.45) is -4.40. The Bertz CT molecular complexity index is 1240. The molecule has 0 aliphatic rings. The minimum absolute atomic E-state index is 0.293. The Hall–Kier alpha value is -3.62. The molecule has 1 amide bonds. The molecule has 4 rings (SSSR count). The predicted molar refractivity (Wildman–Crippen MR) is 107 cm³/mol. The molecule has 0 saturated carbocycles. The predicted octanol–water partition coefficient (Wildman–Crippen LogP) is 4.57. The third kappa shape index (κ3) is 3.54. The number of anilines is 1. The molecule has 4 aromatic rings. The number of aromatic nitrogens is 4. The molecule has 154 valence electrons. The molecule has 0 saturated heterocycles. The minimum Gasteiger partial charge on any atom is -0.342 e. The maximum absolute atomic E-state index is 13.0. The maximum atomic E-state index is 13.0. The van der Waals surface area contributed by atoms with Crippen LogP contribution in [0.2, 0.25) is 0 Å². The molecule has 0 bridgehead atoms. The zero-order chi connectivity index (χ0) is 21.6. The number of amides is 1. The summed E-state index contributed by atoms with van der Waals surface area (Å²) in [5.41, 5.74) is 2.80. The van der Waals surface area contributed by atoms with E-state index >= 15 is 0 Å². The fraction of sp³-hybridized carbons (Fsp3) is 0.190. The molecule has 0 aliphatic heterocycles. The number of alkyl halides is 3. The van der Waals surface area contributed by atoms with Gasteiger partial charge < -0.3 is 9.88 Å². The van der Waals surface area contributed by atoms with Crippen LogP contribution in [0.15, 0.2) is 48.5 Å². The van der Waals surface area contributed by atoms with Crippen LogP contribution in [0.3, 0.4) is 0 Å². The van der Waals surface area contributed by atoms with E-state index < -0.39 is 11.7 Å². The summed E-state index contributed by atoms with van der Waals surface area (Å²) in [5.74, 6) is 0.489. The van der Waals surface area contributed by atoms with Crippen LogP contribution >= 0.6 is 0 Å². The first-order valence-corrected chi connectivity index (χ1v) is 9.09. The Morgan fingerprint density at radius 1 is 1.10 bits per heavy atom. The molecule has 0 radical (unpaired) electrons. The van der Waals surface area contributed by atoms with E-state index in [1.165, 1.54) is 21.7 Å². The third-order valence-corrected chi connectivity index (χ3v) is 4.88. The number of nitrogens with zero attached hydrogens (tertiary/aromatic N) is 4. The summed E-state index contributed by atoms with van der Waals surface area (Å²) < 4.78 is 39.7. The number of carbonyl (C=O) groups is 1. The highest BCUT2D eigenvalue weighted by molar-refractivity contribution is 6.05. The van der Waals surface area contributed by atoms with Gasteiger partial charge in [0.05, 0.1) is 22.3 Å². The highest BCUT2D eigenvalue weighted by atomic mass is 19.4. The van der Waals surface area contributed by atoms with Crippen LogP contribution < -0.4 is 4.90 Å². The molecule has 30 heavy (non-hydrogen) atoms. The molecule has 0 aliphatic carbocycles. The van der Waals surface area contributed by atoms with Gasteiger partial charge in [-0.2, -0.15) is 18.3 Å². The lowest BCUT2D eigenvalue weighted by Crippen LogP contribution is -2.28. The van der Waals surface area contributed by atoms with Crippen molar-refractivity contribution >= 4 is 22.6 Å². The Morgan fingerprint density at radius 3 is 2.47 bits per heavy atom. The Balaban J connectivity index is 1.62. The largest absolute Gasteiger partial charge is 0.416 e. The summed E-state index contributed by atoms with van der Waals surface area (Å²) in [6, 6.07) is 11.7. The first-order chi connectivity index (χ1) is 14.1. The van der Waals surface area contributed by atoms with Crippen LogP contribution in [-0.4, -0.2) is 32.7 Å². The molecule has 1 N–H and O–H groups in total. The van der Waals surface area contributed by atoms with E-state index in [0.717, 1.165) is 29.0 Å². The zero-order valence-corrected chi connectivity index (χ0v) is 16.4. The number of nitrogens with one attached hydrogen (secondary N) is 1. The number of halogens is 3. The van der Waals surface area contributed by atoms with E-state index in [9.17, 15) is 18.0 Å². The molecule has 0 fully saturated rings. The second-order valence-corrected chi connectivity index (χ2v) is 7.00. The number of fused-ring (bicyclic) bond motifs is 1. The van der Waals surface area contributed by atoms with Gasteiger partial charge in [-0.15, -0.1) is 0 Å². The van der Waals surface area contributed by atoms with Crippen molar-refractivity contribution in [2.45, 2.75) is 13.1 Å². The second-order valence-electron chi connectivity index (χ2n) is 7.00. The minimum atomic E-state index is -4.40. The van der Waals surface area contributed by atoms with Crippen LogP contribution in [0.5, 0.6) is 0 Å². The Kier molecular flexibility index (Phi) is 4.60. The van der Waals surface area contributed by atoms with Gasteiger partial charge in [0.15, 0.2) is 0 Å². The fourth-order valence-corrected chi connectivity index (χ4v) is 3.26. The number of hydrogen-bond donors (Lipinski definition) is 1. The van der Waals surface area contributed by atoms with Crippen LogP contribution in [0.1, 0.15) is 21.9 Å². The molecular formula is C21H18F3N5O. The lowest BCUT2D eigenvalue weighted by atomic mass is 10.1. The Labute approximate surface area is 170 Å². The Morgan fingerprint density at radius 2 is 1.80 bits per heavy atom. The van der Waals surface area contributed by atoms with Crippen molar-refractivity contribution in [3.8, 4) is 11.3 Å². The van der Waals surface area contributed by atoms with Crippen molar-refractivity contribution in [3.05, 3.63) is 65.6 Å². The topological polar surface area (TPSA) is 66.8 Å². The standard InChI is InChI=1S/C21H18F3N5O/c1-12-25-16-9-8-15(10-18(16)26-12)28(2)20(30)19-11-17(27-29(19)3)13-4-6-14(7-5-13)21(22,23)24/h4-11H,1-3H3,(H,25,26). The fourth-order valence-electron chi connectivity index (χ4n) is 3.26. The molecule has 6 nitrogen and oxygen atoms in total. The number of hydrogen-bond acceptors (Lipinski definition) is 3. The van der Waals surface area contributed by atoms with Crippen molar-refractivity contribution in [1.29, 1.82) is 0 Å². The van der Waals surface area contributed by atoms with Crippen LogP contribution in [0.4, 0.5) is 18.9 Å². The van der Waals surface area contributed by atoms with Gasteiger partial charge in [0.25, 0.3) is 5.91 Å². The van der Waals surface area contributed by atoms with Crippen LogP contribution in [0.25, 0.3) is 22.3 Å². The average molecular weight is 413 g/mol. The monoisotopic (exact) mass is 413 g/mol. The summed E-state index contributed by atoms with van der Waals surface area (Å²) in [6.45, 7) is 1.85. The lowest BCUT2D eigenvalue weighted by molar-refractivity contribution is -0.137. The van der Waals surface area contributed by atoms with Gasteiger partial charge in [0, 0.05) is 25.3 Å². The first kappa shape index (κ1) is 19.7. The van der Waals surface area contributed by atoms with Gasteiger partial charge in [0.2, 0.25) is 0 Å². The van der Waals surface area contributed by atoms with E-state index in [1.807, 2.05) is 19.1 Å². The molecule has 9 heteroatoms. The molecule has 2 heterocycles. The van der Waals surface area contributed by atoms with E-state index in [-0.39, 0.29) is 5.91 Å². The SMILES string of the molecule is Cc1nc2ccc(N(C)C(=O)c3cc(-c4ccc(C(F)(F)F)cc4)nn3C)cc2[nH]1. The number of imidazole rings is 1. The smallest absolute Gasteiger partial charge is 0.342 e. The summed E-state index contributed by atoms with van der Waals surface area (Å²) in [4.78, 5) is 22.0. The van der Waals surface area contributed by atoms with E-state index in [1.54, 1.807) is 26.2 Å². The molecule has 0 spiro atoms. The number of H-pyrrole nitrogens is 1. The summed E-state index contributed by atoms with van der Waals surface area (Å²) >= 11 is 0. The zero-order valence-electron chi connectivity index (χ0n) is 16.4.